The van der Waals surface area contributed by atoms with Gasteiger partial charge in [0.1, 0.15) is 5.69 Å². The molecule has 126 valence electrons. The first kappa shape index (κ1) is 16.5. The molecule has 0 spiro atoms. The van der Waals surface area contributed by atoms with Gasteiger partial charge < -0.3 is 14.9 Å². The molecule has 1 saturated carbocycles. The van der Waals surface area contributed by atoms with E-state index in [0.29, 0.717) is 35.7 Å². The number of aromatic nitrogens is 1. The highest BCUT2D eigenvalue weighted by molar-refractivity contribution is 6.33. The number of carboxylic acids is 1. The quantitative estimate of drug-likeness (QED) is 0.866. The van der Waals surface area contributed by atoms with E-state index in [1.54, 1.807) is 12.1 Å². The zero-order valence-electron chi connectivity index (χ0n) is 12.9. The Kier molecular flexibility index (Phi) is 4.85. The van der Waals surface area contributed by atoms with Crippen molar-refractivity contribution in [3.63, 3.8) is 0 Å². The fourth-order valence-corrected chi connectivity index (χ4v) is 3.19. The molecule has 0 saturated heterocycles. The smallest absolute Gasteiger partial charge is 0.306 e. The Bertz CT molecular complexity index is 759. The van der Waals surface area contributed by atoms with E-state index in [1.165, 1.54) is 0 Å². The van der Waals surface area contributed by atoms with Crippen LogP contribution in [0.2, 0.25) is 5.02 Å². The average Bonchev–Trinajstić information content (AvgIpc) is 3.22. The van der Waals surface area contributed by atoms with Crippen LogP contribution in [0.25, 0.3) is 11.3 Å². The van der Waals surface area contributed by atoms with Gasteiger partial charge in [0.2, 0.25) is 5.91 Å². The Labute approximate surface area is 143 Å². The van der Waals surface area contributed by atoms with Crippen LogP contribution in [0.5, 0.6) is 0 Å². The van der Waals surface area contributed by atoms with Gasteiger partial charge in [-0.2, -0.15) is 0 Å². The molecule has 0 aliphatic heterocycles. The van der Waals surface area contributed by atoms with E-state index in [1.807, 2.05) is 18.2 Å². The maximum Gasteiger partial charge on any atom is 0.306 e. The van der Waals surface area contributed by atoms with E-state index in [0.717, 1.165) is 5.56 Å². The van der Waals surface area contributed by atoms with Crippen molar-refractivity contribution in [3.8, 4) is 11.3 Å². The van der Waals surface area contributed by atoms with Gasteiger partial charge in [-0.15, -0.1) is 0 Å². The molecule has 3 rings (SSSR count). The number of rotatable bonds is 5. The lowest BCUT2D eigenvalue weighted by molar-refractivity contribution is -0.141. The monoisotopic (exact) mass is 348 g/mol. The van der Waals surface area contributed by atoms with Crippen LogP contribution in [-0.2, 0) is 16.1 Å². The van der Waals surface area contributed by atoms with Gasteiger partial charge in [0.15, 0.2) is 5.76 Å². The summed E-state index contributed by atoms with van der Waals surface area (Å²) in [5.41, 5.74) is 1.37. The average molecular weight is 349 g/mol. The predicted octanol–water partition coefficient (Wildman–Crippen LogP) is 3.11. The van der Waals surface area contributed by atoms with Crippen molar-refractivity contribution in [1.82, 2.24) is 10.5 Å². The Morgan fingerprint density at radius 1 is 1.29 bits per heavy atom. The molecule has 1 aliphatic carbocycles. The third kappa shape index (κ3) is 3.59. The second-order valence-corrected chi connectivity index (χ2v) is 6.33. The van der Waals surface area contributed by atoms with Gasteiger partial charge in [-0.1, -0.05) is 35.0 Å². The highest BCUT2D eigenvalue weighted by Crippen LogP contribution is 2.31. The third-order valence-electron chi connectivity index (χ3n) is 4.30. The predicted molar refractivity (Wildman–Crippen MR) is 87.3 cm³/mol. The van der Waals surface area contributed by atoms with Crippen LogP contribution >= 0.6 is 11.6 Å². The summed E-state index contributed by atoms with van der Waals surface area (Å²) >= 11 is 6.12. The minimum Gasteiger partial charge on any atom is -0.481 e. The molecule has 1 aromatic carbocycles. The number of hydrogen-bond donors (Lipinski definition) is 2. The lowest BCUT2D eigenvalue weighted by Gasteiger charge is -2.09. The minimum absolute atomic E-state index is 0.144. The lowest BCUT2D eigenvalue weighted by atomic mass is 10.0. The number of hydrogen-bond acceptors (Lipinski definition) is 4. The Hall–Kier alpha value is -2.34. The first-order chi connectivity index (χ1) is 11.5. The molecule has 1 heterocycles. The van der Waals surface area contributed by atoms with Crippen molar-refractivity contribution in [3.05, 3.63) is 41.1 Å². The molecule has 1 aromatic heterocycles. The molecule has 0 radical (unpaired) electrons. The SMILES string of the molecule is O=C(O)[C@@H]1CC[C@H](C(=O)NCc2cc(-c3ccccc3Cl)no2)C1. The summed E-state index contributed by atoms with van der Waals surface area (Å²) in [6.45, 7) is 0.213. The van der Waals surface area contributed by atoms with Gasteiger partial charge >= 0.3 is 5.97 Å². The van der Waals surface area contributed by atoms with Gasteiger partial charge in [-0.05, 0) is 25.3 Å². The number of aliphatic carboxylic acids is 1. The van der Waals surface area contributed by atoms with Gasteiger partial charge in [-0.3, -0.25) is 9.59 Å². The molecule has 2 atom stereocenters. The summed E-state index contributed by atoms with van der Waals surface area (Å²) in [6, 6.07) is 9.03. The Morgan fingerprint density at radius 3 is 2.75 bits per heavy atom. The molecular weight excluding hydrogens is 332 g/mol. The topological polar surface area (TPSA) is 92.4 Å². The number of carbonyl (C=O) groups excluding carboxylic acids is 1. The fourth-order valence-electron chi connectivity index (χ4n) is 2.95. The molecule has 0 unspecified atom stereocenters. The van der Waals surface area contributed by atoms with E-state index in [4.69, 9.17) is 21.2 Å². The van der Waals surface area contributed by atoms with Crippen LogP contribution in [0.3, 0.4) is 0 Å². The van der Waals surface area contributed by atoms with E-state index in [9.17, 15) is 9.59 Å². The number of nitrogens with zero attached hydrogens (tertiary/aromatic N) is 1. The van der Waals surface area contributed by atoms with E-state index in [2.05, 4.69) is 10.5 Å². The van der Waals surface area contributed by atoms with Crippen molar-refractivity contribution >= 4 is 23.5 Å². The number of carboxylic acid groups (broad SMARTS) is 1. The second-order valence-electron chi connectivity index (χ2n) is 5.92. The molecule has 1 fully saturated rings. The maximum atomic E-state index is 12.1. The molecule has 24 heavy (non-hydrogen) atoms. The molecule has 7 heteroatoms. The van der Waals surface area contributed by atoms with Crippen molar-refractivity contribution in [1.29, 1.82) is 0 Å². The van der Waals surface area contributed by atoms with Crippen molar-refractivity contribution in [2.75, 3.05) is 0 Å². The molecule has 1 amide bonds. The van der Waals surface area contributed by atoms with Crippen molar-refractivity contribution < 1.29 is 19.2 Å². The third-order valence-corrected chi connectivity index (χ3v) is 4.63. The van der Waals surface area contributed by atoms with Gasteiger partial charge in [0.05, 0.1) is 17.5 Å². The van der Waals surface area contributed by atoms with Gasteiger partial charge in [0, 0.05) is 17.5 Å². The summed E-state index contributed by atoms with van der Waals surface area (Å²) in [7, 11) is 0. The maximum absolute atomic E-state index is 12.1. The van der Waals surface area contributed by atoms with Crippen molar-refractivity contribution in [2.45, 2.75) is 25.8 Å². The first-order valence-electron chi connectivity index (χ1n) is 7.75. The lowest BCUT2D eigenvalue weighted by Crippen LogP contribution is -2.29. The number of halogens is 1. The summed E-state index contributed by atoms with van der Waals surface area (Å²) in [4.78, 5) is 23.1. The minimum atomic E-state index is -0.829. The Morgan fingerprint density at radius 2 is 2.04 bits per heavy atom. The van der Waals surface area contributed by atoms with Crippen LogP contribution in [0.1, 0.15) is 25.0 Å². The highest BCUT2D eigenvalue weighted by atomic mass is 35.5. The fraction of sp³-hybridized carbons (Fsp3) is 0.353. The summed E-state index contributed by atoms with van der Waals surface area (Å²) in [5, 5.41) is 16.3. The highest BCUT2D eigenvalue weighted by Gasteiger charge is 2.33. The first-order valence-corrected chi connectivity index (χ1v) is 8.13. The molecule has 6 nitrogen and oxygen atoms in total. The number of carbonyl (C=O) groups is 2. The Balaban J connectivity index is 1.57. The summed E-state index contributed by atoms with van der Waals surface area (Å²) in [6.07, 6.45) is 1.54. The summed E-state index contributed by atoms with van der Waals surface area (Å²) in [5.74, 6) is -1.12. The summed E-state index contributed by atoms with van der Waals surface area (Å²) < 4.78 is 5.23. The van der Waals surface area contributed by atoms with E-state index < -0.39 is 11.9 Å². The molecule has 1 aliphatic rings. The van der Waals surface area contributed by atoms with Crippen LogP contribution < -0.4 is 5.32 Å². The van der Waals surface area contributed by atoms with Crippen molar-refractivity contribution in [2.24, 2.45) is 11.8 Å². The van der Waals surface area contributed by atoms with E-state index in [-0.39, 0.29) is 18.4 Å². The zero-order valence-corrected chi connectivity index (χ0v) is 13.6. The van der Waals surface area contributed by atoms with Gasteiger partial charge in [0.25, 0.3) is 0 Å². The second kappa shape index (κ2) is 7.05. The number of nitrogens with one attached hydrogen (secondary N) is 1. The number of amides is 1. The zero-order chi connectivity index (χ0) is 17.1. The molecule has 2 N–H and O–H groups in total. The van der Waals surface area contributed by atoms with Crippen LogP contribution in [0.4, 0.5) is 0 Å². The van der Waals surface area contributed by atoms with Crippen LogP contribution in [-0.4, -0.2) is 22.1 Å². The standard InChI is InChI=1S/C17H17ClN2O4/c18-14-4-2-1-3-13(14)15-8-12(24-20-15)9-19-16(21)10-5-6-11(7-10)17(22)23/h1-4,8,10-11H,5-7,9H2,(H,19,21)(H,22,23)/t10-,11+/m0/s1. The molecule has 2 aromatic rings. The molecular formula is C17H17ClN2O4. The molecule has 0 bridgehead atoms. The number of benzene rings is 1. The van der Waals surface area contributed by atoms with E-state index >= 15 is 0 Å². The largest absolute Gasteiger partial charge is 0.481 e. The normalized spacial score (nSPS) is 20.0. The van der Waals surface area contributed by atoms with Crippen LogP contribution in [0.15, 0.2) is 34.9 Å². The van der Waals surface area contributed by atoms with Crippen LogP contribution in [0, 0.1) is 11.8 Å². The van der Waals surface area contributed by atoms with Gasteiger partial charge in [-0.25, -0.2) is 0 Å².